The van der Waals surface area contributed by atoms with Crippen molar-refractivity contribution < 1.29 is 22.7 Å². The predicted octanol–water partition coefficient (Wildman–Crippen LogP) is 7.02. The summed E-state index contributed by atoms with van der Waals surface area (Å²) in [5, 5.41) is 3.32. The molecule has 0 aliphatic heterocycles. The zero-order valence-electron chi connectivity index (χ0n) is 21.4. The molecule has 2 unspecified atom stereocenters. The average Bonchev–Trinajstić information content (AvgIpc) is 2.83. The lowest BCUT2D eigenvalue weighted by molar-refractivity contribution is -0.274. The molecular formula is C27H39F3N2O2. The Balaban J connectivity index is 0.000000662. The maximum Gasteiger partial charge on any atom is 0.573 e. The Morgan fingerprint density at radius 3 is 2.09 bits per heavy atom. The molecule has 0 spiro atoms. The number of amides is 1. The highest BCUT2D eigenvalue weighted by Crippen LogP contribution is 2.27. The van der Waals surface area contributed by atoms with Crippen molar-refractivity contribution >= 4 is 5.91 Å². The summed E-state index contributed by atoms with van der Waals surface area (Å²) in [6.45, 7) is 14.4. The topological polar surface area (TPSA) is 41.6 Å². The third-order valence-corrected chi connectivity index (χ3v) is 5.13. The maximum absolute atomic E-state index is 11.6. The number of carbonyl (C=O) groups is 1. The first-order valence-corrected chi connectivity index (χ1v) is 11.5. The second-order valence-corrected chi connectivity index (χ2v) is 7.56. The predicted molar refractivity (Wildman–Crippen MR) is 134 cm³/mol. The van der Waals surface area contributed by atoms with E-state index in [0.717, 1.165) is 12.0 Å². The van der Waals surface area contributed by atoms with Gasteiger partial charge in [0, 0.05) is 19.6 Å². The van der Waals surface area contributed by atoms with Gasteiger partial charge in [0.2, 0.25) is 5.91 Å². The van der Waals surface area contributed by atoms with Crippen molar-refractivity contribution in [1.29, 1.82) is 0 Å². The third-order valence-electron chi connectivity index (χ3n) is 5.13. The first-order chi connectivity index (χ1) is 16.0. The quantitative estimate of drug-likeness (QED) is 0.413. The molecule has 0 heterocycles. The number of carbonyl (C=O) groups excluding carboxylic acids is 1. The molecule has 0 aromatic heterocycles. The van der Waals surface area contributed by atoms with E-state index >= 15 is 0 Å². The lowest BCUT2D eigenvalue weighted by Gasteiger charge is -2.26. The molecule has 0 aliphatic rings. The Morgan fingerprint density at radius 2 is 1.65 bits per heavy atom. The van der Waals surface area contributed by atoms with E-state index in [4.69, 9.17) is 0 Å². The number of halogens is 3. The van der Waals surface area contributed by atoms with Gasteiger partial charge in [0.1, 0.15) is 5.75 Å². The van der Waals surface area contributed by atoms with Gasteiger partial charge in [-0.3, -0.25) is 4.79 Å². The number of ether oxygens (including phenoxy) is 1. The summed E-state index contributed by atoms with van der Waals surface area (Å²) in [6, 6.07) is 14.3. The molecule has 0 aliphatic carbocycles. The van der Waals surface area contributed by atoms with Crippen LogP contribution in [0.3, 0.4) is 0 Å². The van der Waals surface area contributed by atoms with Gasteiger partial charge in [-0.25, -0.2) is 0 Å². The molecule has 2 rings (SSSR count). The lowest BCUT2D eigenvalue weighted by atomic mass is 9.90. The molecule has 7 heteroatoms. The van der Waals surface area contributed by atoms with Crippen molar-refractivity contribution in [2.75, 3.05) is 20.6 Å². The normalized spacial score (nSPS) is 12.2. The largest absolute Gasteiger partial charge is 0.573 e. The van der Waals surface area contributed by atoms with E-state index < -0.39 is 6.36 Å². The Labute approximate surface area is 202 Å². The zero-order chi connectivity index (χ0) is 26.3. The second-order valence-electron chi connectivity index (χ2n) is 7.56. The summed E-state index contributed by atoms with van der Waals surface area (Å²) in [4.78, 5) is 13.3. The summed E-state index contributed by atoms with van der Waals surface area (Å²) in [5.74, 6) is 0.279. The number of alkyl halides is 3. The van der Waals surface area contributed by atoms with Crippen LogP contribution in [-0.2, 0) is 4.79 Å². The molecule has 0 bridgehead atoms. The van der Waals surface area contributed by atoms with Gasteiger partial charge in [-0.15, -0.1) is 13.2 Å². The summed E-state index contributed by atoms with van der Waals surface area (Å²) >= 11 is 0. The van der Waals surface area contributed by atoms with E-state index in [0.29, 0.717) is 12.5 Å². The molecule has 4 nitrogen and oxygen atoms in total. The second kappa shape index (κ2) is 15.9. The van der Waals surface area contributed by atoms with E-state index in [1.54, 1.807) is 31.0 Å². The molecule has 2 atom stereocenters. The number of nitrogens with zero attached hydrogens (tertiary/aromatic N) is 1. The van der Waals surface area contributed by atoms with Crippen LogP contribution in [0.2, 0.25) is 0 Å². The Morgan fingerprint density at radius 1 is 1.12 bits per heavy atom. The molecule has 0 saturated carbocycles. The highest BCUT2D eigenvalue weighted by atomic mass is 19.4. The van der Waals surface area contributed by atoms with Crippen molar-refractivity contribution in [2.45, 2.75) is 59.4 Å². The van der Waals surface area contributed by atoms with E-state index in [1.807, 2.05) is 20.9 Å². The number of hydrogen-bond acceptors (Lipinski definition) is 3. The molecular weight excluding hydrogens is 441 g/mol. The maximum atomic E-state index is 11.6. The fourth-order valence-electron chi connectivity index (χ4n) is 3.10. The highest BCUT2D eigenvalue weighted by Gasteiger charge is 2.30. The van der Waals surface area contributed by atoms with Crippen LogP contribution in [0.4, 0.5) is 13.2 Å². The van der Waals surface area contributed by atoms with Crippen LogP contribution in [0.5, 0.6) is 5.75 Å². The van der Waals surface area contributed by atoms with Gasteiger partial charge in [0.15, 0.2) is 0 Å². The van der Waals surface area contributed by atoms with Crippen LogP contribution in [0.15, 0.2) is 61.2 Å². The summed E-state index contributed by atoms with van der Waals surface area (Å²) in [5.41, 5.74) is 3.52. The van der Waals surface area contributed by atoms with Gasteiger partial charge in [-0.1, -0.05) is 76.2 Å². The summed E-state index contributed by atoms with van der Waals surface area (Å²) in [6.07, 6.45) is -2.14. The fourth-order valence-corrected chi connectivity index (χ4v) is 3.10. The average molecular weight is 481 g/mol. The fraction of sp³-hybridized carbons (Fsp3) is 0.444. The van der Waals surface area contributed by atoms with Crippen molar-refractivity contribution in [1.82, 2.24) is 10.2 Å². The van der Waals surface area contributed by atoms with Gasteiger partial charge in [0.25, 0.3) is 0 Å². The molecule has 34 heavy (non-hydrogen) atoms. The number of hydrogen-bond donors (Lipinski definition) is 1. The van der Waals surface area contributed by atoms with E-state index in [2.05, 4.69) is 54.7 Å². The smallest absolute Gasteiger partial charge is 0.406 e. The van der Waals surface area contributed by atoms with Gasteiger partial charge in [-0.05, 0) is 55.6 Å². The van der Waals surface area contributed by atoms with E-state index in [1.165, 1.54) is 29.3 Å². The van der Waals surface area contributed by atoms with Crippen LogP contribution >= 0.6 is 0 Å². The first kappa shape index (κ1) is 31.2. The van der Waals surface area contributed by atoms with Gasteiger partial charge in [-0.2, -0.15) is 0 Å². The van der Waals surface area contributed by atoms with Gasteiger partial charge in [0.05, 0.1) is 0 Å². The van der Waals surface area contributed by atoms with Crippen molar-refractivity contribution in [2.24, 2.45) is 0 Å². The van der Waals surface area contributed by atoms with Crippen molar-refractivity contribution in [3.8, 4) is 5.75 Å². The molecule has 0 radical (unpaired) electrons. The molecule has 1 amide bonds. The van der Waals surface area contributed by atoms with Crippen LogP contribution < -0.4 is 10.1 Å². The van der Waals surface area contributed by atoms with Crippen LogP contribution in [0.1, 0.15) is 62.8 Å². The molecule has 0 fully saturated rings. The van der Waals surface area contributed by atoms with Crippen molar-refractivity contribution in [3.63, 3.8) is 0 Å². The van der Waals surface area contributed by atoms with Crippen LogP contribution in [0, 0.1) is 6.92 Å². The standard InChI is InChI=1S/C17H26N2O.C8H7F3O.C2H6/c1-6-13(3)14-10-8-9-11-15(14)16(18-4)12-19(5)17(20)7-2;1-6-2-4-7(5-3-6)12-8(9,10)11;1-2/h7-11,13,16,18H,2,6,12H2,1,3-5H3;2-5H,1H3;1-2H3. The lowest BCUT2D eigenvalue weighted by Crippen LogP contribution is -2.35. The number of likely N-dealkylation sites (N-methyl/N-ethyl adjacent to an activating group) is 2. The van der Waals surface area contributed by atoms with Crippen LogP contribution in [0.25, 0.3) is 0 Å². The van der Waals surface area contributed by atoms with Gasteiger partial charge >= 0.3 is 6.36 Å². The Kier molecular flexibility index (Phi) is 14.6. The van der Waals surface area contributed by atoms with Crippen LogP contribution in [-0.4, -0.2) is 37.8 Å². The summed E-state index contributed by atoms with van der Waals surface area (Å²) < 4.78 is 38.5. The monoisotopic (exact) mass is 480 g/mol. The van der Waals surface area contributed by atoms with Gasteiger partial charge < -0.3 is 15.0 Å². The minimum absolute atomic E-state index is 0.0497. The minimum atomic E-state index is -4.60. The van der Waals surface area contributed by atoms with E-state index in [9.17, 15) is 18.0 Å². The minimum Gasteiger partial charge on any atom is -0.406 e. The van der Waals surface area contributed by atoms with E-state index in [-0.39, 0.29) is 17.7 Å². The number of aryl methyl sites for hydroxylation is 1. The molecule has 1 N–H and O–H groups in total. The summed E-state index contributed by atoms with van der Waals surface area (Å²) in [7, 11) is 3.74. The molecule has 190 valence electrons. The first-order valence-electron chi connectivity index (χ1n) is 11.5. The number of rotatable bonds is 8. The molecule has 2 aromatic rings. The van der Waals surface area contributed by atoms with Crippen molar-refractivity contribution in [3.05, 3.63) is 77.9 Å². The molecule has 0 saturated heterocycles. The number of benzene rings is 2. The SMILES string of the molecule is C=CC(=O)N(C)CC(NC)c1ccccc1C(C)CC.CC.Cc1ccc(OC(F)(F)F)cc1. The zero-order valence-corrected chi connectivity index (χ0v) is 21.4. The molecule has 2 aromatic carbocycles. The Hall–Kier alpha value is -2.80. The highest BCUT2D eigenvalue weighted by molar-refractivity contribution is 5.86. The Bertz CT molecular complexity index is 852. The number of nitrogens with one attached hydrogen (secondary N) is 1. The third kappa shape index (κ3) is 11.4.